The lowest BCUT2D eigenvalue weighted by molar-refractivity contribution is -0.143. The first kappa shape index (κ1) is 15.3. The summed E-state index contributed by atoms with van der Waals surface area (Å²) in [4.78, 5) is 12.9. The van der Waals surface area contributed by atoms with Crippen molar-refractivity contribution < 1.29 is 18.0 Å². The smallest absolute Gasteiger partial charge is 0.398 e. The number of hydrogen-bond acceptors (Lipinski definition) is 2. The zero-order valence-electron chi connectivity index (χ0n) is 11.1. The Bertz CT molecular complexity index is 469. The molecule has 0 atom stereocenters. The van der Waals surface area contributed by atoms with Crippen LogP contribution in [0.25, 0.3) is 0 Å². The monoisotopic (exact) mass is 274 g/mol. The minimum atomic E-state index is -4.42. The van der Waals surface area contributed by atoms with Gasteiger partial charge in [0, 0.05) is 17.3 Å². The second-order valence-electron chi connectivity index (χ2n) is 4.71. The van der Waals surface area contributed by atoms with Crippen LogP contribution in [0.1, 0.15) is 29.8 Å². The van der Waals surface area contributed by atoms with Crippen molar-refractivity contribution in [2.24, 2.45) is 0 Å². The predicted octanol–water partition coefficient (Wildman–Crippen LogP) is 2.99. The van der Waals surface area contributed by atoms with Gasteiger partial charge in [0.25, 0.3) is 5.91 Å². The molecule has 0 aliphatic rings. The third-order valence-electron chi connectivity index (χ3n) is 2.76. The molecule has 6 heteroatoms. The Morgan fingerprint density at radius 2 is 1.95 bits per heavy atom. The van der Waals surface area contributed by atoms with Gasteiger partial charge in [0.15, 0.2) is 0 Å². The highest BCUT2D eigenvalue weighted by Crippen LogP contribution is 2.21. The summed E-state index contributed by atoms with van der Waals surface area (Å²) in [6, 6.07) is 3.97. The summed E-state index contributed by atoms with van der Waals surface area (Å²) < 4.78 is 37.4. The fourth-order valence-electron chi connectivity index (χ4n) is 1.62. The van der Waals surface area contributed by atoms with Crippen molar-refractivity contribution in [3.63, 3.8) is 0 Å². The van der Waals surface area contributed by atoms with E-state index in [2.05, 4.69) is 0 Å². The van der Waals surface area contributed by atoms with E-state index in [4.69, 9.17) is 5.73 Å². The minimum Gasteiger partial charge on any atom is -0.398 e. The van der Waals surface area contributed by atoms with Crippen LogP contribution in [-0.2, 0) is 0 Å². The van der Waals surface area contributed by atoms with Crippen LogP contribution in [0.4, 0.5) is 18.9 Å². The number of amides is 1. The number of anilines is 1. The number of carbonyl (C=O) groups is 1. The van der Waals surface area contributed by atoms with Crippen LogP contribution in [0.5, 0.6) is 0 Å². The fourth-order valence-corrected chi connectivity index (χ4v) is 1.62. The molecular formula is C13H17F3N2O. The maximum absolute atomic E-state index is 12.5. The van der Waals surface area contributed by atoms with Crippen molar-refractivity contribution in [3.05, 3.63) is 29.3 Å². The molecule has 0 unspecified atom stereocenters. The van der Waals surface area contributed by atoms with E-state index >= 15 is 0 Å². The van der Waals surface area contributed by atoms with Gasteiger partial charge in [-0.15, -0.1) is 0 Å². The first-order valence-corrected chi connectivity index (χ1v) is 5.85. The number of carbonyl (C=O) groups excluding carboxylic acids is 1. The molecule has 0 aliphatic heterocycles. The molecule has 19 heavy (non-hydrogen) atoms. The van der Waals surface area contributed by atoms with Gasteiger partial charge in [-0.2, -0.15) is 13.2 Å². The van der Waals surface area contributed by atoms with Crippen LogP contribution in [-0.4, -0.2) is 29.6 Å². The van der Waals surface area contributed by atoms with E-state index < -0.39 is 24.7 Å². The topological polar surface area (TPSA) is 46.3 Å². The first-order valence-electron chi connectivity index (χ1n) is 5.85. The Labute approximate surface area is 110 Å². The molecule has 1 amide bonds. The van der Waals surface area contributed by atoms with E-state index in [1.165, 1.54) is 12.1 Å². The number of nitrogen functional groups attached to an aromatic ring is 1. The highest BCUT2D eigenvalue weighted by molar-refractivity contribution is 5.95. The number of halogens is 3. The van der Waals surface area contributed by atoms with Crippen molar-refractivity contribution in [2.75, 3.05) is 12.3 Å². The van der Waals surface area contributed by atoms with Gasteiger partial charge in [-0.3, -0.25) is 4.79 Å². The second-order valence-corrected chi connectivity index (χ2v) is 4.71. The number of rotatable bonds is 3. The van der Waals surface area contributed by atoms with Crippen LogP contribution in [0.2, 0.25) is 0 Å². The molecule has 0 radical (unpaired) electrons. The average molecular weight is 274 g/mol. The molecule has 0 saturated heterocycles. The zero-order valence-corrected chi connectivity index (χ0v) is 11.1. The van der Waals surface area contributed by atoms with Crippen LogP contribution < -0.4 is 5.73 Å². The summed E-state index contributed by atoms with van der Waals surface area (Å²) in [5.41, 5.74) is 7.01. The third kappa shape index (κ3) is 4.15. The van der Waals surface area contributed by atoms with E-state index in [0.717, 1.165) is 10.5 Å². The van der Waals surface area contributed by atoms with Gasteiger partial charge in [-0.05, 0) is 38.5 Å². The van der Waals surface area contributed by atoms with E-state index in [-0.39, 0.29) is 5.56 Å². The zero-order chi connectivity index (χ0) is 14.8. The van der Waals surface area contributed by atoms with Crippen molar-refractivity contribution in [1.82, 2.24) is 4.90 Å². The maximum atomic E-state index is 12.5. The van der Waals surface area contributed by atoms with Gasteiger partial charge in [0.2, 0.25) is 0 Å². The molecule has 2 N–H and O–H groups in total. The Balaban J connectivity index is 3.02. The molecule has 0 heterocycles. The van der Waals surface area contributed by atoms with Crippen molar-refractivity contribution in [2.45, 2.75) is 33.0 Å². The molecule has 1 aromatic carbocycles. The molecule has 1 aromatic rings. The molecule has 106 valence electrons. The van der Waals surface area contributed by atoms with Crippen LogP contribution in [0, 0.1) is 6.92 Å². The van der Waals surface area contributed by atoms with E-state index in [9.17, 15) is 18.0 Å². The largest absolute Gasteiger partial charge is 0.406 e. The quantitative estimate of drug-likeness (QED) is 0.861. The minimum absolute atomic E-state index is 0.168. The lowest BCUT2D eigenvalue weighted by Crippen LogP contribution is -2.43. The van der Waals surface area contributed by atoms with E-state index in [0.29, 0.717) is 5.69 Å². The highest BCUT2D eigenvalue weighted by Gasteiger charge is 2.34. The average Bonchev–Trinajstić information content (AvgIpc) is 2.27. The number of alkyl halides is 3. The second kappa shape index (κ2) is 5.50. The first-order chi connectivity index (χ1) is 8.61. The molecule has 0 saturated carbocycles. The molecule has 1 rings (SSSR count). The summed E-state index contributed by atoms with van der Waals surface area (Å²) in [6.07, 6.45) is -4.42. The van der Waals surface area contributed by atoms with Crippen molar-refractivity contribution in [3.8, 4) is 0 Å². The van der Waals surface area contributed by atoms with E-state index in [1.54, 1.807) is 26.8 Å². The Morgan fingerprint density at radius 1 is 1.37 bits per heavy atom. The molecule has 3 nitrogen and oxygen atoms in total. The van der Waals surface area contributed by atoms with Crippen molar-refractivity contribution in [1.29, 1.82) is 0 Å². The molecule has 0 bridgehead atoms. The van der Waals surface area contributed by atoms with Crippen LogP contribution in [0.3, 0.4) is 0 Å². The summed E-state index contributed by atoms with van der Waals surface area (Å²) in [5, 5.41) is 0. The Hall–Kier alpha value is -1.72. The lowest BCUT2D eigenvalue weighted by atomic mass is 10.1. The molecule has 0 fully saturated rings. The van der Waals surface area contributed by atoms with Gasteiger partial charge < -0.3 is 10.6 Å². The van der Waals surface area contributed by atoms with Gasteiger partial charge in [0.1, 0.15) is 6.54 Å². The predicted molar refractivity (Wildman–Crippen MR) is 67.8 cm³/mol. The molecule has 0 spiro atoms. The Kier molecular flexibility index (Phi) is 4.44. The summed E-state index contributed by atoms with van der Waals surface area (Å²) in [5.74, 6) is -0.668. The van der Waals surface area contributed by atoms with Crippen molar-refractivity contribution >= 4 is 11.6 Å². The number of aryl methyl sites for hydroxylation is 1. The summed E-state index contributed by atoms with van der Waals surface area (Å²) in [6.45, 7) is 3.58. The van der Waals surface area contributed by atoms with Gasteiger partial charge in [-0.25, -0.2) is 0 Å². The van der Waals surface area contributed by atoms with Crippen LogP contribution >= 0.6 is 0 Å². The van der Waals surface area contributed by atoms with Gasteiger partial charge in [-0.1, -0.05) is 6.07 Å². The van der Waals surface area contributed by atoms with Gasteiger partial charge >= 0.3 is 6.18 Å². The number of nitrogens with zero attached hydrogens (tertiary/aromatic N) is 1. The molecule has 0 aliphatic carbocycles. The number of benzene rings is 1. The summed E-state index contributed by atoms with van der Waals surface area (Å²) >= 11 is 0. The molecular weight excluding hydrogens is 257 g/mol. The Morgan fingerprint density at radius 3 is 2.37 bits per heavy atom. The molecule has 0 aromatic heterocycles. The van der Waals surface area contributed by atoms with Crippen LogP contribution in [0.15, 0.2) is 18.2 Å². The third-order valence-corrected chi connectivity index (χ3v) is 2.76. The SMILES string of the molecule is Cc1ccc(C(=O)N(CC(F)(F)F)C(C)C)cc1N. The lowest BCUT2D eigenvalue weighted by Gasteiger charge is -2.28. The normalized spacial score (nSPS) is 11.7. The standard InChI is InChI=1S/C13H17F3N2O/c1-8(2)18(7-13(14,15)16)12(19)10-5-4-9(3)11(17)6-10/h4-6,8H,7,17H2,1-3H3. The highest BCUT2D eigenvalue weighted by atomic mass is 19.4. The maximum Gasteiger partial charge on any atom is 0.406 e. The van der Waals surface area contributed by atoms with Gasteiger partial charge in [0.05, 0.1) is 0 Å². The number of hydrogen-bond donors (Lipinski definition) is 1. The number of nitrogens with two attached hydrogens (primary N) is 1. The van der Waals surface area contributed by atoms with E-state index in [1.807, 2.05) is 0 Å². The summed E-state index contributed by atoms with van der Waals surface area (Å²) in [7, 11) is 0. The fraction of sp³-hybridized carbons (Fsp3) is 0.462.